The summed E-state index contributed by atoms with van der Waals surface area (Å²) in [4.78, 5) is 14.2. The van der Waals surface area contributed by atoms with Crippen LogP contribution in [0.2, 0.25) is 0 Å². The predicted molar refractivity (Wildman–Crippen MR) is 120 cm³/mol. The van der Waals surface area contributed by atoms with Gasteiger partial charge in [-0.3, -0.25) is 4.68 Å². The SMILES string of the molecule is Cc1nc2nc(C3CCOC(c4cnn(C5CC5)c4)C3)nc(C34CC3(C(F)(F)F)C4)c2cc1Br. The minimum absolute atomic E-state index is 0.00823. The van der Waals surface area contributed by atoms with Gasteiger partial charge in [-0.15, -0.1) is 0 Å². The number of pyridine rings is 1. The van der Waals surface area contributed by atoms with Gasteiger partial charge in [0.15, 0.2) is 5.65 Å². The highest BCUT2D eigenvalue weighted by atomic mass is 79.9. The monoisotopic (exact) mass is 533 g/mol. The molecule has 4 fully saturated rings. The molecule has 0 amide bonds. The van der Waals surface area contributed by atoms with Gasteiger partial charge in [0, 0.05) is 39.6 Å². The molecule has 0 bridgehead atoms. The van der Waals surface area contributed by atoms with Crippen molar-refractivity contribution in [3.8, 4) is 0 Å². The number of hydrogen-bond acceptors (Lipinski definition) is 5. The van der Waals surface area contributed by atoms with E-state index < -0.39 is 17.0 Å². The van der Waals surface area contributed by atoms with Crippen molar-refractivity contribution in [2.24, 2.45) is 5.41 Å². The van der Waals surface area contributed by atoms with Gasteiger partial charge in [0.1, 0.15) is 5.82 Å². The van der Waals surface area contributed by atoms with Crippen molar-refractivity contribution in [2.45, 2.75) is 75.1 Å². The number of ether oxygens (including phenoxy) is 1. The molecule has 3 aromatic rings. The minimum atomic E-state index is -4.22. The summed E-state index contributed by atoms with van der Waals surface area (Å²) in [6.07, 6.45) is 3.53. The van der Waals surface area contributed by atoms with Crippen LogP contribution >= 0.6 is 15.9 Å². The first-order chi connectivity index (χ1) is 16.2. The van der Waals surface area contributed by atoms with E-state index in [4.69, 9.17) is 14.7 Å². The molecule has 1 saturated heterocycles. The third kappa shape index (κ3) is 2.96. The van der Waals surface area contributed by atoms with Gasteiger partial charge in [-0.1, -0.05) is 0 Å². The van der Waals surface area contributed by atoms with Gasteiger partial charge in [-0.2, -0.15) is 18.3 Å². The first kappa shape index (κ1) is 21.2. The van der Waals surface area contributed by atoms with E-state index in [1.54, 1.807) is 0 Å². The summed E-state index contributed by atoms with van der Waals surface area (Å²) in [5, 5.41) is 5.11. The van der Waals surface area contributed by atoms with Gasteiger partial charge in [-0.25, -0.2) is 15.0 Å². The topological polar surface area (TPSA) is 65.7 Å². The number of rotatable bonds is 4. The van der Waals surface area contributed by atoms with E-state index >= 15 is 0 Å². The largest absolute Gasteiger partial charge is 0.395 e. The lowest BCUT2D eigenvalue weighted by atomic mass is 9.92. The van der Waals surface area contributed by atoms with Crippen LogP contribution in [0.3, 0.4) is 0 Å². The summed E-state index contributed by atoms with van der Waals surface area (Å²) in [6, 6.07) is 2.33. The zero-order valence-electron chi connectivity index (χ0n) is 18.6. The number of aryl methyl sites for hydroxylation is 1. The summed E-state index contributed by atoms with van der Waals surface area (Å²) in [7, 11) is 0. The van der Waals surface area contributed by atoms with E-state index in [-0.39, 0.29) is 24.9 Å². The van der Waals surface area contributed by atoms with Crippen molar-refractivity contribution in [2.75, 3.05) is 6.61 Å². The van der Waals surface area contributed by atoms with Crippen LogP contribution in [0, 0.1) is 12.3 Å². The molecule has 3 aromatic heterocycles. The molecule has 0 spiro atoms. The summed E-state index contributed by atoms with van der Waals surface area (Å²) in [5.41, 5.74) is 0.248. The van der Waals surface area contributed by atoms with E-state index in [2.05, 4.69) is 32.2 Å². The third-order valence-electron chi connectivity index (χ3n) is 8.27. The lowest BCUT2D eigenvalue weighted by Crippen LogP contribution is -2.21. The Balaban J connectivity index is 1.27. The van der Waals surface area contributed by atoms with Crippen molar-refractivity contribution >= 4 is 27.0 Å². The van der Waals surface area contributed by atoms with Gasteiger partial charge in [0.05, 0.1) is 35.1 Å². The van der Waals surface area contributed by atoms with Crippen molar-refractivity contribution in [1.29, 1.82) is 0 Å². The average Bonchev–Trinajstić information content (AvgIpc) is 3.72. The molecular weight excluding hydrogens is 511 g/mol. The molecule has 3 aliphatic carbocycles. The maximum Gasteiger partial charge on any atom is 0.395 e. The number of fused-ring (bicyclic) bond motifs is 2. The summed E-state index contributed by atoms with van der Waals surface area (Å²) in [6.45, 7) is 2.41. The van der Waals surface area contributed by atoms with Crippen LogP contribution in [0.5, 0.6) is 0 Å². The van der Waals surface area contributed by atoms with Crippen LogP contribution in [0.25, 0.3) is 11.0 Å². The summed E-state index contributed by atoms with van der Waals surface area (Å²) >= 11 is 3.48. The first-order valence-corrected chi connectivity index (χ1v) is 12.6. The molecular formula is C24H23BrF3N5O. The fourth-order valence-corrected chi connectivity index (χ4v) is 6.08. The number of halogens is 4. The number of hydrogen-bond donors (Lipinski definition) is 0. The van der Waals surface area contributed by atoms with Gasteiger partial charge in [0.25, 0.3) is 0 Å². The van der Waals surface area contributed by atoms with E-state index in [1.807, 2.05) is 23.9 Å². The van der Waals surface area contributed by atoms with E-state index in [0.29, 0.717) is 41.6 Å². The number of nitrogens with zero attached hydrogens (tertiary/aromatic N) is 5. The highest BCUT2D eigenvalue weighted by molar-refractivity contribution is 9.10. The molecule has 3 saturated carbocycles. The van der Waals surface area contributed by atoms with E-state index in [0.717, 1.165) is 35.0 Å². The molecule has 178 valence electrons. The second-order valence-electron chi connectivity index (χ2n) is 10.4. The smallest absolute Gasteiger partial charge is 0.373 e. The molecule has 34 heavy (non-hydrogen) atoms. The summed E-state index contributed by atoms with van der Waals surface area (Å²) in [5.74, 6) is 0.579. The molecule has 2 unspecified atom stereocenters. The highest BCUT2D eigenvalue weighted by Crippen LogP contribution is 2.90. The average molecular weight is 534 g/mol. The Kier molecular flexibility index (Phi) is 4.23. The quantitative estimate of drug-likeness (QED) is 0.420. The Labute approximate surface area is 202 Å². The van der Waals surface area contributed by atoms with Crippen molar-refractivity contribution in [3.05, 3.63) is 45.7 Å². The Morgan fingerprint density at radius 2 is 1.94 bits per heavy atom. The minimum Gasteiger partial charge on any atom is -0.373 e. The first-order valence-electron chi connectivity index (χ1n) is 11.8. The molecule has 0 radical (unpaired) electrons. The summed E-state index contributed by atoms with van der Waals surface area (Å²) < 4.78 is 50.2. The number of alkyl halides is 3. The zero-order valence-corrected chi connectivity index (χ0v) is 20.2. The van der Waals surface area contributed by atoms with Gasteiger partial charge < -0.3 is 4.74 Å². The van der Waals surface area contributed by atoms with E-state index in [1.165, 1.54) is 0 Å². The van der Waals surface area contributed by atoms with Crippen LogP contribution < -0.4 is 0 Å². The molecule has 4 aliphatic rings. The van der Waals surface area contributed by atoms with Crippen LogP contribution in [-0.2, 0) is 10.2 Å². The Morgan fingerprint density at radius 1 is 1.15 bits per heavy atom. The molecule has 1 aliphatic heterocycles. The standard InChI is InChI=1S/C24H23BrF3N5O/c1-12-17(25)7-16-19(22-10-23(22,11-22)24(26,27)28)31-20(32-21(16)30-12)13-4-5-34-18(6-13)14-8-29-33(9-14)15-2-3-15/h7-9,13,15,18H,2-6,10-11H2,1H3. The van der Waals surface area contributed by atoms with Crippen molar-refractivity contribution in [1.82, 2.24) is 24.7 Å². The second-order valence-corrected chi connectivity index (χ2v) is 11.3. The normalized spacial score (nSPS) is 32.6. The van der Waals surface area contributed by atoms with Gasteiger partial charge >= 0.3 is 6.18 Å². The Hall–Kier alpha value is -2.07. The zero-order chi connectivity index (χ0) is 23.5. The molecule has 6 nitrogen and oxygen atoms in total. The molecule has 0 N–H and O–H groups in total. The second kappa shape index (κ2) is 6.78. The maximum atomic E-state index is 13.8. The van der Waals surface area contributed by atoms with Crippen molar-refractivity contribution in [3.63, 3.8) is 0 Å². The fraction of sp³-hybridized carbons (Fsp3) is 0.583. The molecule has 2 atom stereocenters. The Bertz CT molecular complexity index is 1330. The van der Waals surface area contributed by atoms with Gasteiger partial charge in [0.2, 0.25) is 0 Å². The fourth-order valence-electron chi connectivity index (χ4n) is 5.76. The Morgan fingerprint density at radius 3 is 2.65 bits per heavy atom. The van der Waals surface area contributed by atoms with Crippen molar-refractivity contribution < 1.29 is 17.9 Å². The number of aromatic nitrogens is 5. The highest BCUT2D eigenvalue weighted by Gasteiger charge is 2.94. The van der Waals surface area contributed by atoms with Crippen LogP contribution in [-0.4, -0.2) is 37.5 Å². The van der Waals surface area contributed by atoms with Crippen LogP contribution in [0.1, 0.15) is 79.4 Å². The van der Waals surface area contributed by atoms with Crippen LogP contribution in [0.15, 0.2) is 22.9 Å². The molecule has 4 heterocycles. The van der Waals surface area contributed by atoms with E-state index in [9.17, 15) is 13.2 Å². The lowest BCUT2D eigenvalue weighted by molar-refractivity contribution is -0.167. The van der Waals surface area contributed by atoms with Crippen LogP contribution in [0.4, 0.5) is 13.2 Å². The third-order valence-corrected chi connectivity index (χ3v) is 9.07. The predicted octanol–water partition coefficient (Wildman–Crippen LogP) is 5.86. The maximum absolute atomic E-state index is 13.8. The molecule has 10 heteroatoms. The van der Waals surface area contributed by atoms with Gasteiger partial charge in [-0.05, 0) is 67.4 Å². The molecule has 7 rings (SSSR count). The molecule has 0 aromatic carbocycles. The lowest BCUT2D eigenvalue weighted by Gasteiger charge is -2.28.